The van der Waals surface area contributed by atoms with Gasteiger partial charge in [0.25, 0.3) is 0 Å². The topological polar surface area (TPSA) is 166 Å². The number of aromatic nitrogens is 1. The van der Waals surface area contributed by atoms with Crippen LogP contribution >= 0.6 is 23.5 Å². The number of carboxylic acid groups (broad SMARTS) is 1. The minimum absolute atomic E-state index is 0.0781. The number of rotatable bonds is 15. The largest absolute Gasteiger partial charge is 0.480 e. The lowest BCUT2D eigenvalue weighted by molar-refractivity contribution is -0.142. The summed E-state index contributed by atoms with van der Waals surface area (Å²) in [5, 5.41) is 18.4. The summed E-state index contributed by atoms with van der Waals surface area (Å²) in [5.74, 6) is -1.48. The van der Waals surface area contributed by atoms with Gasteiger partial charge in [-0.2, -0.15) is 23.5 Å². The summed E-state index contributed by atoms with van der Waals surface area (Å²) in [7, 11) is 0. The van der Waals surface area contributed by atoms with Gasteiger partial charge in [-0.25, -0.2) is 4.79 Å². The van der Waals surface area contributed by atoms with Crippen molar-refractivity contribution >= 4 is 58.1 Å². The first kappa shape index (κ1) is 29.5. The van der Waals surface area contributed by atoms with Crippen molar-refractivity contribution in [3.8, 4) is 0 Å². The normalized spacial score (nSPS) is 14.4. The third-order valence-corrected chi connectivity index (χ3v) is 6.97. The predicted octanol–water partition coefficient (Wildman–Crippen LogP) is 1.10. The van der Waals surface area contributed by atoms with Crippen LogP contribution in [0.15, 0.2) is 30.5 Å². The van der Waals surface area contributed by atoms with Crippen LogP contribution in [0.25, 0.3) is 10.9 Å². The highest BCUT2D eigenvalue weighted by atomic mass is 32.2. The van der Waals surface area contributed by atoms with E-state index in [0.717, 1.165) is 22.2 Å². The van der Waals surface area contributed by atoms with E-state index < -0.39 is 47.9 Å². The van der Waals surface area contributed by atoms with E-state index in [2.05, 4.69) is 20.9 Å². The lowest BCUT2D eigenvalue weighted by Gasteiger charge is -2.23. The van der Waals surface area contributed by atoms with E-state index in [0.29, 0.717) is 18.6 Å². The first-order chi connectivity index (χ1) is 17.2. The molecule has 0 radical (unpaired) electrons. The Morgan fingerprint density at radius 3 is 2.25 bits per heavy atom. The highest BCUT2D eigenvalue weighted by Crippen LogP contribution is 2.19. The molecule has 1 aromatic heterocycles. The molecule has 3 amide bonds. The van der Waals surface area contributed by atoms with Crippen molar-refractivity contribution in [2.45, 2.75) is 50.4 Å². The molecule has 0 saturated heterocycles. The summed E-state index contributed by atoms with van der Waals surface area (Å²) >= 11 is 3.07. The lowest BCUT2D eigenvalue weighted by atomic mass is 10.0. The summed E-state index contributed by atoms with van der Waals surface area (Å²) in [6.07, 6.45) is 6.37. The minimum Gasteiger partial charge on any atom is -0.480 e. The number of aliphatic carboxylic acids is 1. The average Bonchev–Trinajstić information content (AvgIpc) is 3.26. The maximum atomic E-state index is 13.0. The third kappa shape index (κ3) is 8.75. The monoisotopic (exact) mass is 537 g/mol. The highest BCUT2D eigenvalue weighted by Gasteiger charge is 2.29. The molecule has 2 aromatic rings. The Morgan fingerprint density at radius 2 is 1.58 bits per heavy atom. The summed E-state index contributed by atoms with van der Waals surface area (Å²) in [6, 6.07) is 3.71. The molecular weight excluding hydrogens is 502 g/mol. The number of carboxylic acids is 1. The Kier molecular flexibility index (Phi) is 12.1. The maximum Gasteiger partial charge on any atom is 0.326 e. The number of carbonyl (C=O) groups excluding carboxylic acids is 3. The van der Waals surface area contributed by atoms with Crippen LogP contribution in [0.4, 0.5) is 0 Å². The van der Waals surface area contributed by atoms with Gasteiger partial charge in [-0.05, 0) is 55.4 Å². The third-order valence-electron chi connectivity index (χ3n) is 5.68. The summed E-state index contributed by atoms with van der Waals surface area (Å²) in [6.45, 7) is 1.51. The van der Waals surface area contributed by atoms with Crippen molar-refractivity contribution in [3.63, 3.8) is 0 Å². The van der Waals surface area contributed by atoms with Crippen LogP contribution in [0, 0.1) is 0 Å². The van der Waals surface area contributed by atoms with Gasteiger partial charge in [0.05, 0.1) is 6.04 Å². The molecule has 0 aliphatic carbocycles. The molecule has 0 saturated carbocycles. The summed E-state index contributed by atoms with van der Waals surface area (Å²) in [4.78, 5) is 53.1. The van der Waals surface area contributed by atoms with E-state index >= 15 is 0 Å². The second kappa shape index (κ2) is 14.8. The number of amides is 3. The Balaban J connectivity index is 2.05. The molecule has 36 heavy (non-hydrogen) atoms. The van der Waals surface area contributed by atoms with E-state index in [4.69, 9.17) is 5.73 Å². The van der Waals surface area contributed by atoms with Gasteiger partial charge < -0.3 is 31.8 Å². The second-order valence-corrected chi connectivity index (χ2v) is 10.4. The molecule has 10 nitrogen and oxygen atoms in total. The number of fused-ring (bicyclic) bond motifs is 1. The van der Waals surface area contributed by atoms with Crippen LogP contribution in [-0.2, 0) is 25.6 Å². The van der Waals surface area contributed by atoms with Gasteiger partial charge >= 0.3 is 5.97 Å². The molecule has 4 atom stereocenters. The number of thioether (sulfide) groups is 2. The van der Waals surface area contributed by atoms with Crippen molar-refractivity contribution in [1.29, 1.82) is 0 Å². The first-order valence-corrected chi connectivity index (χ1v) is 14.4. The molecule has 7 N–H and O–H groups in total. The molecule has 4 unspecified atom stereocenters. The molecule has 0 aliphatic rings. The Hall–Kier alpha value is -2.70. The van der Waals surface area contributed by atoms with E-state index in [1.165, 1.54) is 18.7 Å². The second-order valence-electron chi connectivity index (χ2n) is 8.42. The van der Waals surface area contributed by atoms with E-state index in [-0.39, 0.29) is 6.42 Å². The van der Waals surface area contributed by atoms with Crippen molar-refractivity contribution in [2.24, 2.45) is 5.73 Å². The van der Waals surface area contributed by atoms with Crippen molar-refractivity contribution < 1.29 is 24.3 Å². The molecular formula is C24H35N5O5S2. The number of para-hydroxylation sites is 1. The van der Waals surface area contributed by atoms with Gasteiger partial charge in [0, 0.05) is 23.5 Å². The predicted molar refractivity (Wildman–Crippen MR) is 145 cm³/mol. The zero-order valence-corrected chi connectivity index (χ0v) is 22.3. The SMILES string of the molecule is CSCCC(N)C(=O)NC(C)C(=O)NC(CCSC)C(=O)NC(Cc1c[nH]c2ccccc12)C(=O)O. The van der Waals surface area contributed by atoms with Crippen molar-refractivity contribution in [2.75, 3.05) is 24.0 Å². The van der Waals surface area contributed by atoms with Gasteiger partial charge in [0.15, 0.2) is 0 Å². The Bertz CT molecular complexity index is 1050. The molecule has 2 rings (SSSR count). The van der Waals surface area contributed by atoms with Gasteiger partial charge in [-0.3, -0.25) is 14.4 Å². The van der Waals surface area contributed by atoms with Crippen LogP contribution < -0.4 is 21.7 Å². The highest BCUT2D eigenvalue weighted by molar-refractivity contribution is 7.98. The summed E-state index contributed by atoms with van der Waals surface area (Å²) < 4.78 is 0. The number of hydrogen-bond donors (Lipinski definition) is 6. The first-order valence-electron chi connectivity index (χ1n) is 11.6. The van der Waals surface area contributed by atoms with Gasteiger partial charge in [0.1, 0.15) is 18.1 Å². The maximum absolute atomic E-state index is 13.0. The molecule has 0 bridgehead atoms. The van der Waals surface area contributed by atoms with E-state index in [1.807, 2.05) is 36.8 Å². The van der Waals surface area contributed by atoms with E-state index in [1.54, 1.807) is 18.0 Å². The van der Waals surface area contributed by atoms with Crippen LogP contribution in [0.5, 0.6) is 0 Å². The summed E-state index contributed by atoms with van der Waals surface area (Å²) in [5.41, 5.74) is 7.49. The lowest BCUT2D eigenvalue weighted by Crippen LogP contribution is -2.56. The standard InChI is InChI=1S/C24H35N5O5S2/c1-14(27-22(31)17(25)8-10-35-2)21(30)28-19(9-11-36-3)23(32)29-20(24(33)34)12-15-13-26-18-7-5-4-6-16(15)18/h4-7,13-14,17,19-20,26H,8-12,25H2,1-3H3,(H,27,31)(H,28,30)(H,29,32)(H,33,34). The fourth-order valence-corrected chi connectivity index (χ4v) is 4.52. The molecule has 0 fully saturated rings. The Labute approximate surface area is 219 Å². The number of aromatic amines is 1. The van der Waals surface area contributed by atoms with Crippen molar-refractivity contribution in [3.05, 3.63) is 36.0 Å². The molecule has 1 heterocycles. The van der Waals surface area contributed by atoms with Crippen LogP contribution in [0.1, 0.15) is 25.3 Å². The number of carbonyl (C=O) groups is 4. The average molecular weight is 538 g/mol. The smallest absolute Gasteiger partial charge is 0.326 e. The molecule has 0 spiro atoms. The quantitative estimate of drug-likeness (QED) is 0.196. The molecule has 1 aromatic carbocycles. The number of H-pyrrole nitrogens is 1. The number of nitrogens with two attached hydrogens (primary N) is 1. The molecule has 12 heteroatoms. The molecule has 0 aliphatic heterocycles. The number of hydrogen-bond acceptors (Lipinski definition) is 7. The van der Waals surface area contributed by atoms with E-state index in [9.17, 15) is 24.3 Å². The fourth-order valence-electron chi connectivity index (χ4n) is 3.56. The zero-order valence-electron chi connectivity index (χ0n) is 20.7. The fraction of sp³-hybridized carbons (Fsp3) is 0.500. The van der Waals surface area contributed by atoms with Crippen molar-refractivity contribution in [1.82, 2.24) is 20.9 Å². The zero-order chi connectivity index (χ0) is 26.7. The van der Waals surface area contributed by atoms with Crippen LogP contribution in [0.2, 0.25) is 0 Å². The molecule has 198 valence electrons. The van der Waals surface area contributed by atoms with Gasteiger partial charge in [-0.1, -0.05) is 18.2 Å². The number of benzene rings is 1. The Morgan fingerprint density at radius 1 is 0.944 bits per heavy atom. The van der Waals surface area contributed by atoms with Crippen LogP contribution in [-0.4, -0.2) is 82.0 Å². The minimum atomic E-state index is -1.18. The van der Waals surface area contributed by atoms with Gasteiger partial charge in [-0.15, -0.1) is 0 Å². The van der Waals surface area contributed by atoms with Crippen LogP contribution in [0.3, 0.4) is 0 Å². The van der Waals surface area contributed by atoms with Gasteiger partial charge in [0.2, 0.25) is 17.7 Å². The number of nitrogens with one attached hydrogen (secondary N) is 4.